The maximum atomic E-state index is 12.7. The minimum Gasteiger partial charge on any atom is -0.364 e. The van der Waals surface area contributed by atoms with E-state index in [1.54, 1.807) is 34.9 Å². The van der Waals surface area contributed by atoms with Crippen LogP contribution in [0.1, 0.15) is 47.4 Å². The zero-order valence-electron chi connectivity index (χ0n) is 14.3. The van der Waals surface area contributed by atoms with Gasteiger partial charge in [-0.2, -0.15) is 0 Å². The number of H-pyrrole nitrogens is 1. The minimum absolute atomic E-state index is 0.104. The Balaban J connectivity index is 1.60. The van der Waals surface area contributed by atoms with E-state index in [0.717, 1.165) is 36.0 Å². The number of carbonyl (C=O) groups is 1. The molecule has 0 unspecified atom stereocenters. The van der Waals surface area contributed by atoms with E-state index < -0.39 is 0 Å². The van der Waals surface area contributed by atoms with Crippen LogP contribution in [0.15, 0.2) is 33.8 Å². The van der Waals surface area contributed by atoms with Crippen LogP contribution in [0.2, 0.25) is 0 Å². The van der Waals surface area contributed by atoms with Gasteiger partial charge < -0.3 is 14.4 Å². The van der Waals surface area contributed by atoms with Gasteiger partial charge in [0.15, 0.2) is 0 Å². The van der Waals surface area contributed by atoms with Gasteiger partial charge in [0.1, 0.15) is 6.26 Å². The molecule has 7 heteroatoms. The van der Waals surface area contributed by atoms with Crippen LogP contribution in [0, 0.1) is 0 Å². The number of imidazole rings is 1. The topological polar surface area (TPSA) is 84.1 Å². The highest BCUT2D eigenvalue weighted by Gasteiger charge is 2.27. The van der Waals surface area contributed by atoms with E-state index in [-0.39, 0.29) is 11.6 Å². The molecule has 1 aliphatic rings. The van der Waals surface area contributed by atoms with E-state index in [4.69, 9.17) is 4.52 Å². The molecule has 0 bridgehead atoms. The lowest BCUT2D eigenvalue weighted by Gasteiger charge is -2.16. The molecule has 2 aromatic heterocycles. The first-order valence-electron chi connectivity index (χ1n) is 8.50. The van der Waals surface area contributed by atoms with Gasteiger partial charge in [-0.05, 0) is 37.5 Å². The average molecular weight is 340 g/mol. The summed E-state index contributed by atoms with van der Waals surface area (Å²) in [6.07, 6.45) is 4.42. The number of amides is 1. The normalized spacial score (nSPS) is 14.2. The molecule has 3 aromatic rings. The van der Waals surface area contributed by atoms with Crippen LogP contribution >= 0.6 is 0 Å². The van der Waals surface area contributed by atoms with Crippen molar-refractivity contribution in [3.8, 4) is 0 Å². The fraction of sp³-hybridized carbons (Fsp3) is 0.389. The molecule has 0 atom stereocenters. The molecular formula is C18H20N4O3. The van der Waals surface area contributed by atoms with Crippen LogP contribution in [0.5, 0.6) is 0 Å². The van der Waals surface area contributed by atoms with Crippen LogP contribution in [0.25, 0.3) is 11.0 Å². The van der Waals surface area contributed by atoms with Crippen molar-refractivity contribution < 1.29 is 9.32 Å². The van der Waals surface area contributed by atoms with Crippen molar-refractivity contribution >= 4 is 16.9 Å². The summed E-state index contributed by atoms with van der Waals surface area (Å²) in [6, 6.07) is 5.68. The molecule has 0 aliphatic heterocycles. The molecule has 1 aromatic carbocycles. The number of fused-ring (bicyclic) bond motifs is 1. The highest BCUT2D eigenvalue weighted by atomic mass is 16.5. The zero-order chi connectivity index (χ0) is 17.6. The third kappa shape index (κ3) is 2.75. The van der Waals surface area contributed by atoms with Gasteiger partial charge in [0, 0.05) is 24.2 Å². The molecule has 1 N–H and O–H groups in total. The second-order valence-corrected chi connectivity index (χ2v) is 6.56. The molecule has 4 rings (SSSR count). The average Bonchev–Trinajstić information content (AvgIpc) is 3.24. The molecule has 1 saturated carbocycles. The van der Waals surface area contributed by atoms with Gasteiger partial charge in [0.25, 0.3) is 5.91 Å². The summed E-state index contributed by atoms with van der Waals surface area (Å²) in [4.78, 5) is 29.3. The number of aromatic amines is 1. The molecule has 0 spiro atoms. The SMILES string of the molecule is CCc1nocc1CN(C)C(=O)c1ccc2c(c1)[nH]c(=O)n2C1CC1. The van der Waals surface area contributed by atoms with E-state index in [0.29, 0.717) is 23.7 Å². The molecule has 1 fully saturated rings. The van der Waals surface area contributed by atoms with Crippen LogP contribution in [-0.4, -0.2) is 32.6 Å². The van der Waals surface area contributed by atoms with Gasteiger partial charge in [0.2, 0.25) is 0 Å². The predicted molar refractivity (Wildman–Crippen MR) is 92.5 cm³/mol. The highest BCUT2D eigenvalue weighted by molar-refractivity contribution is 5.97. The molecular weight excluding hydrogens is 320 g/mol. The Hall–Kier alpha value is -2.83. The third-order valence-electron chi connectivity index (χ3n) is 4.69. The number of hydrogen-bond acceptors (Lipinski definition) is 4. The number of nitrogens with one attached hydrogen (secondary N) is 1. The van der Waals surface area contributed by atoms with E-state index in [1.165, 1.54) is 0 Å². The highest BCUT2D eigenvalue weighted by Crippen LogP contribution is 2.35. The molecule has 130 valence electrons. The van der Waals surface area contributed by atoms with E-state index >= 15 is 0 Å². The van der Waals surface area contributed by atoms with Gasteiger partial charge >= 0.3 is 5.69 Å². The van der Waals surface area contributed by atoms with Crippen LogP contribution < -0.4 is 5.69 Å². The number of carbonyl (C=O) groups excluding carboxylic acids is 1. The van der Waals surface area contributed by atoms with Gasteiger partial charge in [-0.25, -0.2) is 4.79 Å². The first-order valence-corrected chi connectivity index (χ1v) is 8.50. The second kappa shape index (κ2) is 5.91. The Morgan fingerprint density at radius 1 is 1.44 bits per heavy atom. The molecule has 1 amide bonds. The second-order valence-electron chi connectivity index (χ2n) is 6.56. The first-order chi connectivity index (χ1) is 12.1. The monoisotopic (exact) mass is 340 g/mol. The largest absolute Gasteiger partial charge is 0.364 e. The van der Waals surface area contributed by atoms with Gasteiger partial charge in [-0.15, -0.1) is 0 Å². The smallest absolute Gasteiger partial charge is 0.326 e. The van der Waals surface area contributed by atoms with Crippen molar-refractivity contribution in [3.05, 3.63) is 51.8 Å². The molecule has 0 saturated heterocycles. The van der Waals surface area contributed by atoms with Crippen LogP contribution in [0.4, 0.5) is 0 Å². The summed E-state index contributed by atoms with van der Waals surface area (Å²) >= 11 is 0. The maximum Gasteiger partial charge on any atom is 0.326 e. The molecule has 25 heavy (non-hydrogen) atoms. The predicted octanol–water partition coefficient (Wildman–Crippen LogP) is 2.49. The number of hydrogen-bond donors (Lipinski definition) is 1. The van der Waals surface area contributed by atoms with Crippen molar-refractivity contribution in [2.24, 2.45) is 0 Å². The van der Waals surface area contributed by atoms with Crippen molar-refractivity contribution in [2.45, 2.75) is 38.8 Å². The number of benzene rings is 1. The molecule has 0 radical (unpaired) electrons. The quantitative estimate of drug-likeness (QED) is 0.773. The minimum atomic E-state index is -0.106. The summed E-state index contributed by atoms with van der Waals surface area (Å²) in [6.45, 7) is 2.43. The summed E-state index contributed by atoms with van der Waals surface area (Å²) in [5, 5.41) is 3.94. The summed E-state index contributed by atoms with van der Waals surface area (Å²) in [7, 11) is 1.75. The summed E-state index contributed by atoms with van der Waals surface area (Å²) < 4.78 is 6.78. The van der Waals surface area contributed by atoms with E-state index in [1.807, 2.05) is 13.0 Å². The number of aromatic nitrogens is 3. The van der Waals surface area contributed by atoms with Crippen LogP contribution in [0.3, 0.4) is 0 Å². The van der Waals surface area contributed by atoms with Gasteiger partial charge in [-0.3, -0.25) is 9.36 Å². The van der Waals surface area contributed by atoms with Gasteiger partial charge in [0.05, 0.1) is 23.3 Å². The van der Waals surface area contributed by atoms with E-state index in [9.17, 15) is 9.59 Å². The fourth-order valence-electron chi connectivity index (χ4n) is 3.21. The lowest BCUT2D eigenvalue weighted by atomic mass is 10.1. The first kappa shape index (κ1) is 15.7. The molecule has 2 heterocycles. The summed E-state index contributed by atoms with van der Waals surface area (Å²) in [5.74, 6) is -0.106. The van der Waals surface area contributed by atoms with Crippen LogP contribution in [-0.2, 0) is 13.0 Å². The molecule has 1 aliphatic carbocycles. The van der Waals surface area contributed by atoms with Crippen molar-refractivity contribution in [1.82, 2.24) is 19.6 Å². The Morgan fingerprint density at radius 3 is 2.96 bits per heavy atom. The lowest BCUT2D eigenvalue weighted by Crippen LogP contribution is -2.26. The standard InChI is InChI=1S/C18H20N4O3/c1-3-14-12(10-25-20-14)9-21(2)17(23)11-4-7-16-15(8-11)19-18(24)22(16)13-5-6-13/h4,7-8,10,13H,3,5-6,9H2,1-2H3,(H,19,24). The zero-order valence-corrected chi connectivity index (χ0v) is 14.3. The fourth-order valence-corrected chi connectivity index (χ4v) is 3.21. The lowest BCUT2D eigenvalue weighted by molar-refractivity contribution is 0.0785. The third-order valence-corrected chi connectivity index (χ3v) is 4.69. The Morgan fingerprint density at radius 2 is 2.24 bits per heavy atom. The van der Waals surface area contributed by atoms with Crippen molar-refractivity contribution in [2.75, 3.05) is 7.05 Å². The van der Waals surface area contributed by atoms with Crippen molar-refractivity contribution in [1.29, 1.82) is 0 Å². The maximum absolute atomic E-state index is 12.7. The van der Waals surface area contributed by atoms with E-state index in [2.05, 4.69) is 10.1 Å². The Bertz CT molecular complexity index is 993. The summed E-state index contributed by atoms with van der Waals surface area (Å²) in [5.41, 5.74) is 3.78. The number of rotatable bonds is 5. The Kier molecular flexibility index (Phi) is 3.71. The van der Waals surface area contributed by atoms with Gasteiger partial charge in [-0.1, -0.05) is 12.1 Å². The van der Waals surface area contributed by atoms with Crippen molar-refractivity contribution in [3.63, 3.8) is 0 Å². The number of aryl methyl sites for hydroxylation is 1. The molecule has 7 nitrogen and oxygen atoms in total. The number of nitrogens with zero attached hydrogens (tertiary/aromatic N) is 3. The Labute approximate surface area is 144 Å².